The van der Waals surface area contributed by atoms with E-state index >= 15 is 0 Å². The van der Waals surface area contributed by atoms with Gasteiger partial charge in [-0.1, -0.05) is 13.0 Å². The van der Waals surface area contributed by atoms with Crippen LogP contribution in [0.2, 0.25) is 0 Å². The van der Waals surface area contributed by atoms with Gasteiger partial charge in [-0.25, -0.2) is 4.79 Å². The Morgan fingerprint density at radius 2 is 1.75 bits per heavy atom. The lowest BCUT2D eigenvalue weighted by Crippen LogP contribution is -2.38. The molecule has 0 aliphatic heterocycles. The van der Waals surface area contributed by atoms with E-state index in [9.17, 15) is 14.4 Å². The summed E-state index contributed by atoms with van der Waals surface area (Å²) >= 11 is 0. The second kappa shape index (κ2) is 5.89. The molecule has 0 fully saturated rings. The first-order valence-electron chi connectivity index (χ1n) is 4.62. The molecule has 16 heavy (non-hydrogen) atoms. The summed E-state index contributed by atoms with van der Waals surface area (Å²) in [5, 5.41) is 17.8. The maximum absolute atomic E-state index is 10.9. The maximum Gasteiger partial charge on any atom is 0.330 e. The molecule has 0 aliphatic rings. The second-order valence-electron chi connectivity index (χ2n) is 3.18. The topological polar surface area (TPSA) is 101 Å². The number of carbonyl (C=O) groups excluding carboxylic acids is 1. The summed E-state index contributed by atoms with van der Waals surface area (Å²) in [7, 11) is 1.17. The van der Waals surface area contributed by atoms with E-state index in [1.165, 1.54) is 20.1 Å². The fourth-order valence-corrected chi connectivity index (χ4v) is 1.14. The number of hydrogen-bond acceptors (Lipinski definition) is 4. The van der Waals surface area contributed by atoms with Crippen LogP contribution in [0.25, 0.3) is 0 Å². The number of carbonyl (C=O) groups is 3. The molecule has 0 atom stereocenters. The predicted molar refractivity (Wildman–Crippen MR) is 53.8 cm³/mol. The zero-order chi connectivity index (χ0) is 12.8. The molecule has 0 heterocycles. The van der Waals surface area contributed by atoms with E-state index in [2.05, 4.69) is 4.74 Å². The Morgan fingerprint density at radius 1 is 1.25 bits per heavy atom. The summed E-state index contributed by atoms with van der Waals surface area (Å²) in [6.45, 7) is 1.47. The van der Waals surface area contributed by atoms with Crippen molar-refractivity contribution in [2.45, 2.75) is 19.8 Å². The molecule has 90 valence electrons. The zero-order valence-corrected chi connectivity index (χ0v) is 9.10. The van der Waals surface area contributed by atoms with Crippen LogP contribution in [0.15, 0.2) is 12.2 Å². The highest BCUT2D eigenvalue weighted by atomic mass is 16.5. The van der Waals surface area contributed by atoms with Gasteiger partial charge in [0.25, 0.3) is 0 Å². The molecule has 0 bridgehead atoms. The molecule has 6 nitrogen and oxygen atoms in total. The van der Waals surface area contributed by atoms with Gasteiger partial charge in [-0.05, 0) is 12.8 Å². The van der Waals surface area contributed by atoms with Gasteiger partial charge in [0, 0.05) is 6.08 Å². The predicted octanol–water partition coefficient (Wildman–Crippen LogP) is 0.671. The summed E-state index contributed by atoms with van der Waals surface area (Å²) in [4.78, 5) is 32.5. The molecule has 0 unspecified atom stereocenters. The lowest BCUT2D eigenvalue weighted by molar-refractivity contribution is -0.164. The van der Waals surface area contributed by atoms with Crippen molar-refractivity contribution in [3.8, 4) is 0 Å². The van der Waals surface area contributed by atoms with Crippen molar-refractivity contribution in [2.24, 2.45) is 5.41 Å². The van der Waals surface area contributed by atoms with E-state index in [0.29, 0.717) is 0 Å². The number of hydrogen-bond donors (Lipinski definition) is 2. The average molecular weight is 230 g/mol. The fourth-order valence-electron chi connectivity index (χ4n) is 1.14. The summed E-state index contributed by atoms with van der Waals surface area (Å²) in [6, 6.07) is 0. The fraction of sp³-hybridized carbons (Fsp3) is 0.500. The van der Waals surface area contributed by atoms with Crippen LogP contribution in [0.5, 0.6) is 0 Å². The van der Waals surface area contributed by atoms with Crippen molar-refractivity contribution >= 4 is 17.9 Å². The third-order valence-corrected chi connectivity index (χ3v) is 2.34. The van der Waals surface area contributed by atoms with E-state index in [1.807, 2.05) is 0 Å². The number of ether oxygens (including phenoxy) is 1. The molecule has 0 rings (SSSR count). The molecular formula is C10H14O6. The van der Waals surface area contributed by atoms with Crippen LogP contribution in [-0.4, -0.2) is 35.2 Å². The van der Waals surface area contributed by atoms with Gasteiger partial charge in [-0.15, -0.1) is 0 Å². The number of carboxylic acid groups (broad SMARTS) is 2. The van der Waals surface area contributed by atoms with Gasteiger partial charge in [-0.2, -0.15) is 0 Å². The van der Waals surface area contributed by atoms with Crippen LogP contribution < -0.4 is 0 Å². The molecule has 0 saturated heterocycles. The van der Waals surface area contributed by atoms with E-state index in [4.69, 9.17) is 10.2 Å². The lowest BCUT2D eigenvalue weighted by atomic mass is 9.82. The minimum Gasteiger partial charge on any atom is -0.480 e. The van der Waals surface area contributed by atoms with Gasteiger partial charge >= 0.3 is 17.9 Å². The van der Waals surface area contributed by atoms with Crippen molar-refractivity contribution in [3.63, 3.8) is 0 Å². The van der Waals surface area contributed by atoms with Gasteiger partial charge in [0.15, 0.2) is 5.41 Å². The number of methoxy groups -OCH3 is 1. The Balaban J connectivity index is 4.82. The molecule has 0 saturated carbocycles. The van der Waals surface area contributed by atoms with E-state index in [0.717, 1.165) is 6.08 Å². The van der Waals surface area contributed by atoms with Crippen molar-refractivity contribution < 1.29 is 29.3 Å². The van der Waals surface area contributed by atoms with Crippen LogP contribution in [0.1, 0.15) is 19.8 Å². The van der Waals surface area contributed by atoms with E-state index < -0.39 is 23.3 Å². The van der Waals surface area contributed by atoms with Crippen molar-refractivity contribution in [2.75, 3.05) is 7.11 Å². The SMILES string of the molecule is CCC(C/C=C/C(=O)OC)(C(=O)O)C(=O)O. The summed E-state index contributed by atoms with van der Waals surface area (Å²) in [5.74, 6) is -3.49. The van der Waals surface area contributed by atoms with Crippen LogP contribution in [-0.2, 0) is 19.1 Å². The molecule has 0 aliphatic carbocycles. The first-order chi connectivity index (χ1) is 7.40. The number of aliphatic carboxylic acids is 2. The molecule has 0 aromatic heterocycles. The largest absolute Gasteiger partial charge is 0.480 e. The highest BCUT2D eigenvalue weighted by Gasteiger charge is 2.43. The van der Waals surface area contributed by atoms with Gasteiger partial charge in [-0.3, -0.25) is 9.59 Å². The number of rotatable bonds is 6. The summed E-state index contributed by atoms with van der Waals surface area (Å²) < 4.78 is 4.30. The molecule has 0 amide bonds. The van der Waals surface area contributed by atoms with E-state index in [1.54, 1.807) is 0 Å². The Morgan fingerprint density at radius 3 is 2.06 bits per heavy atom. The molecule has 2 N–H and O–H groups in total. The van der Waals surface area contributed by atoms with Crippen molar-refractivity contribution in [1.82, 2.24) is 0 Å². The zero-order valence-electron chi connectivity index (χ0n) is 9.10. The quantitative estimate of drug-likeness (QED) is 0.395. The Hall–Kier alpha value is -1.85. The highest BCUT2D eigenvalue weighted by molar-refractivity contribution is 5.98. The van der Waals surface area contributed by atoms with Gasteiger partial charge in [0.1, 0.15) is 0 Å². The third kappa shape index (κ3) is 3.08. The van der Waals surface area contributed by atoms with E-state index in [-0.39, 0.29) is 12.8 Å². The average Bonchev–Trinajstić information content (AvgIpc) is 2.23. The Bertz CT molecular complexity index is 303. The number of esters is 1. The monoisotopic (exact) mass is 230 g/mol. The third-order valence-electron chi connectivity index (χ3n) is 2.34. The second-order valence-corrected chi connectivity index (χ2v) is 3.18. The van der Waals surface area contributed by atoms with Gasteiger partial charge in [0.05, 0.1) is 7.11 Å². The summed E-state index contributed by atoms with van der Waals surface area (Å²) in [6.07, 6.45) is 1.88. The molecule has 0 spiro atoms. The van der Waals surface area contributed by atoms with Crippen LogP contribution in [0.4, 0.5) is 0 Å². The number of carboxylic acids is 2. The summed E-state index contributed by atoms with van der Waals surface area (Å²) in [5.41, 5.74) is -1.88. The van der Waals surface area contributed by atoms with Gasteiger partial charge < -0.3 is 14.9 Å². The first-order valence-corrected chi connectivity index (χ1v) is 4.62. The Labute approximate surface area is 92.5 Å². The van der Waals surface area contributed by atoms with Crippen LogP contribution in [0, 0.1) is 5.41 Å². The molecule has 0 radical (unpaired) electrons. The number of allylic oxidation sites excluding steroid dienone is 1. The minimum atomic E-state index is -1.88. The lowest BCUT2D eigenvalue weighted by Gasteiger charge is -2.20. The smallest absolute Gasteiger partial charge is 0.330 e. The Kier molecular flexibility index (Phi) is 5.21. The molecule has 0 aromatic carbocycles. The standard InChI is InChI=1S/C10H14O6/c1-3-10(8(12)13,9(14)15)6-4-5-7(11)16-2/h4-5H,3,6H2,1-2H3,(H,12,13)(H,14,15)/b5-4+. The highest BCUT2D eigenvalue weighted by Crippen LogP contribution is 2.27. The normalized spacial score (nSPS) is 11.4. The van der Waals surface area contributed by atoms with Gasteiger partial charge in [0.2, 0.25) is 0 Å². The van der Waals surface area contributed by atoms with Crippen molar-refractivity contribution in [3.05, 3.63) is 12.2 Å². The minimum absolute atomic E-state index is 0.0663. The molecule has 6 heteroatoms. The maximum atomic E-state index is 10.9. The first kappa shape index (κ1) is 14.2. The van der Waals surface area contributed by atoms with Crippen LogP contribution >= 0.6 is 0 Å². The van der Waals surface area contributed by atoms with Crippen molar-refractivity contribution in [1.29, 1.82) is 0 Å². The molecule has 0 aromatic rings. The van der Waals surface area contributed by atoms with Crippen LogP contribution in [0.3, 0.4) is 0 Å². The molecular weight excluding hydrogens is 216 g/mol.